The minimum Gasteiger partial charge on any atom is -0.463 e. The molecule has 1 atom stereocenters. The zero-order chi connectivity index (χ0) is 16.7. The van der Waals surface area contributed by atoms with E-state index in [1.165, 1.54) is 6.26 Å². The number of nitrogens with zero attached hydrogens (tertiary/aromatic N) is 2. The highest BCUT2D eigenvalue weighted by atomic mass is 32.2. The summed E-state index contributed by atoms with van der Waals surface area (Å²) in [5.41, 5.74) is 1.24. The molecule has 0 spiro atoms. The Morgan fingerprint density at radius 3 is 2.79 bits per heavy atom. The van der Waals surface area contributed by atoms with Crippen LogP contribution < -0.4 is 0 Å². The third-order valence-corrected chi connectivity index (χ3v) is 6.94. The average Bonchev–Trinajstić information content (AvgIpc) is 3.17. The molecule has 24 heavy (non-hydrogen) atoms. The summed E-state index contributed by atoms with van der Waals surface area (Å²) >= 11 is 0. The van der Waals surface area contributed by atoms with Crippen LogP contribution in [0.2, 0.25) is 0 Å². The lowest BCUT2D eigenvalue weighted by Crippen LogP contribution is -2.50. The molecule has 0 N–H and O–H groups in total. The van der Waals surface area contributed by atoms with E-state index in [-0.39, 0.29) is 17.7 Å². The molecule has 2 saturated heterocycles. The van der Waals surface area contributed by atoms with Gasteiger partial charge in [-0.15, -0.1) is 0 Å². The van der Waals surface area contributed by atoms with E-state index in [9.17, 15) is 13.2 Å². The van der Waals surface area contributed by atoms with Crippen LogP contribution in [0, 0.1) is 0 Å². The molecule has 2 aliphatic heterocycles. The lowest BCUT2D eigenvalue weighted by Gasteiger charge is -2.36. The second kappa shape index (κ2) is 5.89. The number of furan rings is 1. The van der Waals surface area contributed by atoms with Crippen molar-refractivity contribution in [2.75, 3.05) is 25.4 Å². The summed E-state index contributed by atoms with van der Waals surface area (Å²) < 4.78 is 31.4. The van der Waals surface area contributed by atoms with E-state index in [0.29, 0.717) is 37.2 Å². The molecule has 0 saturated carbocycles. The zero-order valence-corrected chi connectivity index (χ0v) is 14.2. The molecule has 0 radical (unpaired) electrons. The molecule has 0 unspecified atom stereocenters. The number of benzene rings is 1. The minimum absolute atomic E-state index is 0.0822. The topological polar surface area (TPSA) is 70.8 Å². The van der Waals surface area contributed by atoms with Crippen molar-refractivity contribution in [3.8, 4) is 0 Å². The molecule has 2 aromatic rings. The number of likely N-dealkylation sites (tertiary alicyclic amines) is 1. The number of hydrogen-bond acceptors (Lipinski definition) is 4. The minimum atomic E-state index is -3.15. The highest BCUT2D eigenvalue weighted by Gasteiger charge is 2.37. The fraction of sp³-hybridized carbons (Fsp3) is 0.471. The summed E-state index contributed by atoms with van der Waals surface area (Å²) in [4.78, 5) is 14.7. The van der Waals surface area contributed by atoms with E-state index in [4.69, 9.17) is 4.42 Å². The van der Waals surface area contributed by atoms with Crippen molar-refractivity contribution in [3.05, 3.63) is 36.1 Å². The van der Waals surface area contributed by atoms with Crippen LogP contribution in [0.4, 0.5) is 0 Å². The molecule has 1 aromatic carbocycles. The molecule has 0 aliphatic carbocycles. The third-order valence-electron chi connectivity index (χ3n) is 4.94. The summed E-state index contributed by atoms with van der Waals surface area (Å²) in [5.74, 6) is 0.144. The van der Waals surface area contributed by atoms with Crippen LogP contribution in [0.15, 0.2) is 34.9 Å². The summed E-state index contributed by atoms with van der Waals surface area (Å²) in [7, 11) is -3.15. The van der Waals surface area contributed by atoms with Crippen molar-refractivity contribution in [2.24, 2.45) is 0 Å². The molecular weight excluding hydrogens is 328 g/mol. The van der Waals surface area contributed by atoms with E-state index in [1.54, 1.807) is 9.21 Å². The highest BCUT2D eigenvalue weighted by Crippen LogP contribution is 2.27. The maximum Gasteiger partial charge on any atom is 0.257 e. The van der Waals surface area contributed by atoms with E-state index in [1.807, 2.05) is 24.3 Å². The Hall–Kier alpha value is -1.86. The van der Waals surface area contributed by atoms with Crippen molar-refractivity contribution in [2.45, 2.75) is 25.3 Å². The molecule has 2 aliphatic rings. The van der Waals surface area contributed by atoms with Gasteiger partial charge in [0.15, 0.2) is 0 Å². The van der Waals surface area contributed by atoms with Crippen LogP contribution in [0.1, 0.15) is 29.6 Å². The van der Waals surface area contributed by atoms with Gasteiger partial charge in [-0.25, -0.2) is 8.42 Å². The summed E-state index contributed by atoms with van der Waals surface area (Å²) in [6, 6.07) is 7.36. The van der Waals surface area contributed by atoms with Gasteiger partial charge in [-0.3, -0.25) is 4.79 Å². The van der Waals surface area contributed by atoms with Gasteiger partial charge in [-0.05, 0) is 25.3 Å². The number of amides is 1. The SMILES string of the molecule is O=C(c1coc2ccccc12)N1CCC[C@H](N2CCCS2(=O)=O)C1. The Balaban J connectivity index is 1.57. The first-order valence-electron chi connectivity index (χ1n) is 8.31. The van der Waals surface area contributed by atoms with E-state index in [0.717, 1.165) is 18.2 Å². The molecule has 3 heterocycles. The number of carbonyl (C=O) groups excluding carboxylic acids is 1. The van der Waals surface area contributed by atoms with Crippen molar-refractivity contribution < 1.29 is 17.6 Å². The summed E-state index contributed by atoms with van der Waals surface area (Å²) in [6.07, 6.45) is 3.82. The van der Waals surface area contributed by atoms with Crippen molar-refractivity contribution in [1.82, 2.24) is 9.21 Å². The summed E-state index contributed by atoms with van der Waals surface area (Å²) in [5, 5.41) is 0.804. The number of hydrogen-bond donors (Lipinski definition) is 0. The fourth-order valence-electron chi connectivity index (χ4n) is 3.76. The predicted octanol–water partition coefficient (Wildman–Crippen LogP) is 2.07. The highest BCUT2D eigenvalue weighted by molar-refractivity contribution is 7.89. The van der Waals surface area contributed by atoms with Crippen LogP contribution in [-0.4, -0.2) is 55.0 Å². The Morgan fingerprint density at radius 2 is 2.00 bits per heavy atom. The molecule has 7 heteroatoms. The smallest absolute Gasteiger partial charge is 0.257 e. The van der Waals surface area contributed by atoms with Gasteiger partial charge in [-0.1, -0.05) is 18.2 Å². The Bertz CT molecular complexity index is 874. The molecule has 0 bridgehead atoms. The van der Waals surface area contributed by atoms with E-state index in [2.05, 4.69) is 0 Å². The van der Waals surface area contributed by atoms with Crippen LogP contribution in [0.25, 0.3) is 11.0 Å². The van der Waals surface area contributed by atoms with Gasteiger partial charge in [0.1, 0.15) is 11.8 Å². The van der Waals surface area contributed by atoms with Crippen LogP contribution in [0.5, 0.6) is 0 Å². The van der Waals surface area contributed by atoms with E-state index < -0.39 is 10.0 Å². The van der Waals surface area contributed by atoms with E-state index >= 15 is 0 Å². The quantitative estimate of drug-likeness (QED) is 0.833. The van der Waals surface area contributed by atoms with Gasteiger partial charge in [0.2, 0.25) is 10.0 Å². The van der Waals surface area contributed by atoms with Gasteiger partial charge < -0.3 is 9.32 Å². The predicted molar refractivity (Wildman–Crippen MR) is 90.2 cm³/mol. The maximum absolute atomic E-state index is 12.9. The number of fused-ring (bicyclic) bond motifs is 1. The average molecular weight is 348 g/mol. The molecule has 6 nitrogen and oxygen atoms in total. The lowest BCUT2D eigenvalue weighted by molar-refractivity contribution is 0.0659. The Kier molecular flexibility index (Phi) is 3.85. The zero-order valence-electron chi connectivity index (χ0n) is 13.3. The van der Waals surface area contributed by atoms with Crippen LogP contribution >= 0.6 is 0 Å². The third kappa shape index (κ3) is 2.61. The standard InChI is InChI=1S/C17H20N2O4S/c20-17(15-12-23-16-7-2-1-6-14(15)16)18-8-3-5-13(11-18)19-9-4-10-24(19,21)22/h1-2,6-7,12-13H,3-5,8-11H2/t13-/m0/s1. The molecular formula is C17H20N2O4S. The monoisotopic (exact) mass is 348 g/mol. The van der Waals surface area contributed by atoms with Crippen molar-refractivity contribution in [3.63, 3.8) is 0 Å². The number of carbonyl (C=O) groups is 1. The second-order valence-electron chi connectivity index (χ2n) is 6.47. The molecule has 1 aromatic heterocycles. The Labute approximate surface area is 141 Å². The number of piperidine rings is 1. The second-order valence-corrected chi connectivity index (χ2v) is 8.51. The number of sulfonamides is 1. The molecule has 4 rings (SSSR count). The normalized spacial score (nSPS) is 24.5. The van der Waals surface area contributed by atoms with Gasteiger partial charge in [0, 0.05) is 31.1 Å². The first-order valence-corrected chi connectivity index (χ1v) is 9.92. The van der Waals surface area contributed by atoms with Crippen molar-refractivity contribution >= 4 is 26.9 Å². The fourth-order valence-corrected chi connectivity index (χ4v) is 5.52. The molecule has 1 amide bonds. The Morgan fingerprint density at radius 1 is 1.17 bits per heavy atom. The van der Waals surface area contributed by atoms with Crippen LogP contribution in [-0.2, 0) is 10.0 Å². The first kappa shape index (κ1) is 15.7. The largest absolute Gasteiger partial charge is 0.463 e. The van der Waals surface area contributed by atoms with Gasteiger partial charge in [0.25, 0.3) is 5.91 Å². The number of para-hydroxylation sites is 1. The lowest BCUT2D eigenvalue weighted by atomic mass is 10.0. The van der Waals surface area contributed by atoms with Gasteiger partial charge in [-0.2, -0.15) is 4.31 Å². The first-order chi connectivity index (χ1) is 11.6. The molecule has 2 fully saturated rings. The summed E-state index contributed by atoms with van der Waals surface area (Å²) in [6.45, 7) is 1.68. The maximum atomic E-state index is 12.9. The number of rotatable bonds is 2. The van der Waals surface area contributed by atoms with Gasteiger partial charge in [0.05, 0.1) is 11.3 Å². The molecule has 128 valence electrons. The van der Waals surface area contributed by atoms with Crippen molar-refractivity contribution in [1.29, 1.82) is 0 Å². The van der Waals surface area contributed by atoms with Gasteiger partial charge >= 0.3 is 0 Å². The van der Waals surface area contributed by atoms with Crippen LogP contribution in [0.3, 0.4) is 0 Å².